The number of rotatable bonds is 17. The van der Waals surface area contributed by atoms with E-state index >= 15 is 0 Å². The first-order chi connectivity index (χ1) is 62.3. The number of para-hydroxylation sites is 3. The number of oxazole rings is 1. The van der Waals surface area contributed by atoms with Crippen LogP contribution in [0.4, 0.5) is 28.4 Å². The van der Waals surface area contributed by atoms with Gasteiger partial charge in [0.05, 0.1) is 17.4 Å². The normalized spacial score (nSPS) is 11.1. The van der Waals surface area contributed by atoms with Gasteiger partial charge < -0.3 is 55.3 Å². The summed E-state index contributed by atoms with van der Waals surface area (Å²) < 4.78 is 34.3. The molecule has 13 aromatic heterocycles. The van der Waals surface area contributed by atoms with Crippen molar-refractivity contribution in [3.63, 3.8) is 0 Å². The molecule has 0 bridgehead atoms. The maximum Gasteiger partial charge on any atom is 0.297 e. The number of aromatic nitrogens is 11. The van der Waals surface area contributed by atoms with Gasteiger partial charge >= 0.3 is 0 Å². The van der Waals surface area contributed by atoms with Crippen molar-refractivity contribution in [3.05, 3.63) is 431 Å². The van der Waals surface area contributed by atoms with Gasteiger partial charge in [0.15, 0.2) is 6.39 Å². The molecule has 0 saturated carbocycles. The van der Waals surface area contributed by atoms with Crippen LogP contribution in [-0.4, -0.2) is 49.5 Å². The summed E-state index contributed by atoms with van der Waals surface area (Å²) in [5.41, 5.74) is 26.6. The molecule has 0 aliphatic carbocycles. The van der Waals surface area contributed by atoms with E-state index in [0.29, 0.717) is 23.6 Å². The first kappa shape index (κ1) is 88.2. The van der Waals surface area contributed by atoms with Crippen LogP contribution >= 0.6 is 11.3 Å². The minimum absolute atomic E-state index is 0. The second-order valence-electron chi connectivity index (χ2n) is 29.5. The largest absolute Gasteiger partial charge is 0.596 e. The summed E-state index contributed by atoms with van der Waals surface area (Å²) in [4.78, 5) is 22.3. The zero-order chi connectivity index (χ0) is 84.2. The van der Waals surface area contributed by atoms with Crippen molar-refractivity contribution in [2.45, 2.75) is 0 Å². The van der Waals surface area contributed by atoms with E-state index in [2.05, 4.69) is 279 Å². The fraction of sp³-hybridized carbons (Fsp3) is 0.0278. The SMILES string of the molecule is Cn1cc(-c2[c-]c(N(C[C-]=Cc3coc4ocnc34)c3ccccc3)ccc2)c2[n-]c[n+](C)c21.[Ag].[Ag].[Ag].[Ag].[c-]1c(-c2cccc3oc[c-]c23)cccc1N(c1[c-]c(-n2ccc3cccnc32)ccc1)c1ccccc1.[c-]1ccccc1-c1[c-]c(-n2c3[c-]c(-c4ccccn4)ccc3c3ccccc32)ccc1.[c-]1cscc1-c1[c-]c2c(ccn2-c2[c-]c(-n3cccn3)ccc2)o1. The molecule has 650 valence electrons. The van der Waals surface area contributed by atoms with Crippen molar-refractivity contribution in [3.8, 4) is 78.7 Å². The number of imidazole rings is 1. The molecule has 13 heterocycles. The van der Waals surface area contributed by atoms with E-state index in [1.807, 2.05) is 199 Å². The van der Waals surface area contributed by atoms with Gasteiger partial charge in [0.25, 0.3) is 5.78 Å². The Kier molecular flexibility index (Phi) is 27.0. The van der Waals surface area contributed by atoms with E-state index in [0.717, 1.165) is 162 Å². The zero-order valence-electron chi connectivity index (χ0n) is 68.9. The van der Waals surface area contributed by atoms with Gasteiger partial charge in [-0.05, 0) is 124 Å². The van der Waals surface area contributed by atoms with Crippen LogP contribution in [0.3, 0.4) is 0 Å². The maximum atomic E-state index is 5.88. The van der Waals surface area contributed by atoms with Gasteiger partial charge in [-0.3, -0.25) is 10.8 Å². The summed E-state index contributed by atoms with van der Waals surface area (Å²) in [6.45, 7) is 0.516. The second kappa shape index (κ2) is 39.8. The van der Waals surface area contributed by atoms with Crippen LogP contribution in [-0.2, 0) is 104 Å². The van der Waals surface area contributed by atoms with E-state index in [1.165, 1.54) is 17.2 Å². The molecule has 0 unspecified atom stereocenters. The van der Waals surface area contributed by atoms with Gasteiger partial charge in [0.2, 0.25) is 0 Å². The monoisotopic (exact) mass is 2070 g/mol. The molecule has 130 heavy (non-hydrogen) atoms. The Hall–Kier alpha value is -13.9. The maximum absolute atomic E-state index is 5.88. The van der Waals surface area contributed by atoms with Crippen LogP contribution < -0.4 is 19.4 Å². The number of anilines is 5. The van der Waals surface area contributed by atoms with Crippen molar-refractivity contribution in [1.82, 2.24) is 48.0 Å². The van der Waals surface area contributed by atoms with Gasteiger partial charge in [0, 0.05) is 181 Å². The fourth-order valence-electron chi connectivity index (χ4n) is 15.8. The molecular weight excluding hydrogens is 2010 g/mol. The van der Waals surface area contributed by atoms with Crippen molar-refractivity contribution in [2.75, 3.05) is 16.3 Å². The van der Waals surface area contributed by atoms with E-state index in [4.69, 9.17) is 17.7 Å². The van der Waals surface area contributed by atoms with Gasteiger partial charge in [-0.2, -0.15) is 76.7 Å². The third-order valence-electron chi connectivity index (χ3n) is 21.6. The molecule has 24 aromatic rings. The minimum atomic E-state index is 0. The molecule has 0 aliphatic rings. The van der Waals surface area contributed by atoms with Crippen LogP contribution in [0.15, 0.2) is 376 Å². The fourth-order valence-corrected chi connectivity index (χ4v) is 16.4. The molecule has 0 atom stereocenters. The van der Waals surface area contributed by atoms with E-state index in [-0.39, 0.29) is 89.5 Å². The predicted octanol–water partition coefficient (Wildman–Crippen LogP) is 24.6. The van der Waals surface area contributed by atoms with Crippen LogP contribution in [0.5, 0.6) is 0 Å². The predicted molar refractivity (Wildman–Crippen MR) is 495 cm³/mol. The molecule has 0 fully saturated rings. The standard InChI is InChI=1S/C33H20N3O.C29H17N2.C27H21N5O2.C19H10N3OS.4Ag/c1-2-10-26(11-3-1)36(28-13-4-8-25(22-28)30-15-6-16-32-31(30)18-21-37-32)29-14-5-12-27(23-29)35-20-17-24-9-7-19-34-33(24)35;1-2-9-21(10-3-1)22-11-8-12-24(19-22)31-28-15-5-4-13-25(28)26-17-16-23(20-29(26)31)27-14-6-7-18-30-27;1-30-15-23(25-26(30)31(2)17-28-25)19-8-6-12-22(14-19)32(21-10-4-3-5-11-21)13-7-9-20-16-33-27-24(20)29-18-34-27;1-3-15(11-16(4-1)22-8-2-7-20-22)21-9-5-18-17(21)12-19(23-18)14-6-10-24-13-14;;;;/h1-17,19-21H;1-9,11-18H;3-6,8-12,15-18H,13H2,1-2H3;1-5,7-10,13H;;;;/q2*-3;-2;-3;;;;. The summed E-state index contributed by atoms with van der Waals surface area (Å²) >= 11 is 1.59. The van der Waals surface area contributed by atoms with E-state index in [9.17, 15) is 0 Å². The van der Waals surface area contributed by atoms with Gasteiger partial charge in [-0.25, -0.2) is 55.1 Å². The Bertz CT molecular complexity index is 7970. The Morgan fingerprint density at radius 2 is 1.23 bits per heavy atom. The Morgan fingerprint density at radius 1 is 0.508 bits per heavy atom. The number of pyridine rings is 2. The first-order valence-electron chi connectivity index (χ1n) is 40.6. The average Bonchev–Trinajstić information content (AvgIpc) is 1.59. The van der Waals surface area contributed by atoms with Crippen LogP contribution in [0.2, 0.25) is 0 Å². The number of aryl methyl sites for hydroxylation is 2. The smallest absolute Gasteiger partial charge is 0.297 e. The minimum Gasteiger partial charge on any atom is -0.596 e. The number of hydrogen-bond acceptors (Lipinski definition) is 11. The van der Waals surface area contributed by atoms with Crippen LogP contribution in [0.1, 0.15) is 5.56 Å². The van der Waals surface area contributed by atoms with Crippen LogP contribution in [0, 0.1) is 66.7 Å². The molecule has 17 nitrogen and oxygen atoms in total. The number of hydrogen-bond donors (Lipinski definition) is 0. The van der Waals surface area contributed by atoms with E-state index < -0.39 is 0 Å². The summed E-state index contributed by atoms with van der Waals surface area (Å²) in [6.07, 6.45) is 25.1. The molecule has 0 spiro atoms. The first-order valence-corrected chi connectivity index (χ1v) is 41.5. The van der Waals surface area contributed by atoms with Gasteiger partial charge in [-0.15, -0.1) is 161 Å². The van der Waals surface area contributed by atoms with E-state index in [1.54, 1.807) is 34.7 Å². The van der Waals surface area contributed by atoms with Gasteiger partial charge in [-0.1, -0.05) is 118 Å². The van der Waals surface area contributed by atoms with Crippen molar-refractivity contribution in [2.24, 2.45) is 14.1 Å². The van der Waals surface area contributed by atoms with Crippen LogP contribution in [0.25, 0.3) is 162 Å². The molecular formula is C108H68Ag4N13O4S-11. The quantitative estimate of drug-likeness (QED) is 0.0486. The summed E-state index contributed by atoms with van der Waals surface area (Å²) in [7, 11) is 4.04. The van der Waals surface area contributed by atoms with Gasteiger partial charge in [0.1, 0.15) is 11.3 Å². The average molecular weight is 2080 g/mol. The molecule has 22 heteroatoms. The third-order valence-corrected chi connectivity index (χ3v) is 22.3. The molecule has 0 N–H and O–H groups in total. The summed E-state index contributed by atoms with van der Waals surface area (Å²) in [6, 6.07) is 128. The number of fused-ring (bicyclic) bond motifs is 8. The van der Waals surface area contributed by atoms with Crippen molar-refractivity contribution >= 4 is 123 Å². The summed E-state index contributed by atoms with van der Waals surface area (Å²) in [5.74, 6) is 1.12. The molecule has 24 rings (SSSR count). The molecule has 0 amide bonds. The summed E-state index contributed by atoms with van der Waals surface area (Å²) in [5, 5.41) is 12.6. The molecule has 4 radical (unpaired) electrons. The Balaban J connectivity index is 0.000000121. The van der Waals surface area contributed by atoms with Crippen molar-refractivity contribution in [1.29, 1.82) is 0 Å². The second-order valence-corrected chi connectivity index (χ2v) is 30.2. The van der Waals surface area contributed by atoms with Crippen molar-refractivity contribution < 1.29 is 112 Å². The number of furan rings is 3. The Labute approximate surface area is 815 Å². The topological polar surface area (TPSA) is 153 Å². The zero-order valence-corrected chi connectivity index (χ0v) is 75.7. The Morgan fingerprint density at radius 3 is 2.05 bits per heavy atom. The number of thiophene rings is 1. The number of nitrogens with zero attached hydrogens (tertiary/aromatic N) is 13. The molecule has 0 aliphatic heterocycles. The third kappa shape index (κ3) is 18.0. The molecule has 0 saturated heterocycles. The molecule has 11 aromatic carbocycles. The number of benzene rings is 11.